The van der Waals surface area contributed by atoms with Crippen LogP contribution in [-0.2, 0) is 0 Å². The van der Waals surface area contributed by atoms with Crippen molar-refractivity contribution in [2.24, 2.45) is 11.7 Å². The molecule has 1 aromatic carbocycles. The molecule has 1 fully saturated rings. The number of likely N-dealkylation sites (tertiary alicyclic amines) is 1. The third-order valence-electron chi connectivity index (χ3n) is 4.35. The van der Waals surface area contributed by atoms with Gasteiger partial charge in [0.05, 0.1) is 0 Å². The molecule has 0 bridgehead atoms. The van der Waals surface area contributed by atoms with E-state index in [0.717, 1.165) is 26.2 Å². The Balaban J connectivity index is 2.19. The molecule has 1 saturated heterocycles. The smallest absolute Gasteiger partial charge is 0.0369 e. The fourth-order valence-corrected chi connectivity index (χ4v) is 3.18. The number of nitrogens with zero attached hydrogens (tertiary/aromatic N) is 2. The molecule has 19 heavy (non-hydrogen) atoms. The summed E-state index contributed by atoms with van der Waals surface area (Å²) in [5.74, 6) is 0.645. The summed E-state index contributed by atoms with van der Waals surface area (Å²) in [6, 6.07) is 9.54. The average Bonchev–Trinajstić information content (AvgIpc) is 2.82. The zero-order valence-electron chi connectivity index (χ0n) is 12.5. The highest BCUT2D eigenvalue weighted by atomic mass is 15.2. The Hall–Kier alpha value is -1.06. The monoisotopic (exact) mass is 261 g/mol. The first-order valence-electron chi connectivity index (χ1n) is 7.44. The molecule has 1 aliphatic rings. The van der Waals surface area contributed by atoms with Gasteiger partial charge in [-0.1, -0.05) is 12.1 Å². The molecule has 2 atom stereocenters. The number of nitrogens with two attached hydrogens (primary N) is 1. The first-order valence-corrected chi connectivity index (χ1v) is 7.44. The number of anilines is 1. The van der Waals surface area contributed by atoms with Crippen LogP contribution in [0.25, 0.3) is 0 Å². The highest BCUT2D eigenvalue weighted by molar-refractivity contribution is 5.49. The van der Waals surface area contributed by atoms with Crippen molar-refractivity contribution in [1.82, 2.24) is 4.90 Å². The summed E-state index contributed by atoms with van der Waals surface area (Å²) in [6.45, 7) is 8.47. The molecule has 1 heterocycles. The van der Waals surface area contributed by atoms with E-state index in [0.29, 0.717) is 12.0 Å². The number of hydrogen-bond donors (Lipinski definition) is 1. The fourth-order valence-electron chi connectivity index (χ4n) is 3.18. The van der Waals surface area contributed by atoms with E-state index in [9.17, 15) is 0 Å². The van der Waals surface area contributed by atoms with E-state index >= 15 is 0 Å². The van der Waals surface area contributed by atoms with Crippen LogP contribution in [-0.4, -0.2) is 38.1 Å². The normalized spacial score (nSPS) is 23.8. The van der Waals surface area contributed by atoms with Crippen LogP contribution < -0.4 is 10.6 Å². The number of hydrogen-bond acceptors (Lipinski definition) is 3. The first kappa shape index (κ1) is 14.4. The Bertz CT molecular complexity index is 401. The van der Waals surface area contributed by atoms with Gasteiger partial charge in [0, 0.05) is 31.4 Å². The summed E-state index contributed by atoms with van der Waals surface area (Å²) >= 11 is 0. The van der Waals surface area contributed by atoms with E-state index in [4.69, 9.17) is 5.73 Å². The highest BCUT2D eigenvalue weighted by Gasteiger charge is 2.29. The third kappa shape index (κ3) is 3.10. The number of rotatable bonds is 5. The molecule has 2 unspecified atom stereocenters. The minimum atomic E-state index is 0.532. The Morgan fingerprint density at radius 3 is 2.63 bits per heavy atom. The predicted molar refractivity (Wildman–Crippen MR) is 82.5 cm³/mol. The molecule has 106 valence electrons. The second-order valence-corrected chi connectivity index (χ2v) is 5.56. The van der Waals surface area contributed by atoms with Crippen molar-refractivity contribution in [2.45, 2.75) is 26.3 Å². The fraction of sp³-hybridized carbons (Fsp3) is 0.625. The Labute approximate surface area is 117 Å². The summed E-state index contributed by atoms with van der Waals surface area (Å²) in [7, 11) is 2.21. The van der Waals surface area contributed by atoms with Crippen molar-refractivity contribution in [3.05, 3.63) is 29.8 Å². The molecule has 0 amide bonds. The van der Waals surface area contributed by atoms with Crippen LogP contribution in [0.3, 0.4) is 0 Å². The van der Waals surface area contributed by atoms with Crippen molar-refractivity contribution >= 4 is 5.69 Å². The maximum absolute atomic E-state index is 5.82. The largest absolute Gasteiger partial charge is 0.372 e. The predicted octanol–water partition coefficient (Wildman–Crippen LogP) is 2.48. The lowest BCUT2D eigenvalue weighted by molar-refractivity contribution is 0.313. The zero-order chi connectivity index (χ0) is 13.8. The second kappa shape index (κ2) is 6.40. The van der Waals surface area contributed by atoms with Gasteiger partial charge in [0.2, 0.25) is 0 Å². The molecule has 0 aliphatic carbocycles. The lowest BCUT2D eigenvalue weighted by Crippen LogP contribution is -2.23. The van der Waals surface area contributed by atoms with Crippen molar-refractivity contribution in [3.63, 3.8) is 0 Å². The molecular formula is C16H27N3. The van der Waals surface area contributed by atoms with Gasteiger partial charge >= 0.3 is 0 Å². The minimum absolute atomic E-state index is 0.532. The molecular weight excluding hydrogens is 234 g/mol. The molecule has 3 heteroatoms. The van der Waals surface area contributed by atoms with Gasteiger partial charge in [0.15, 0.2) is 0 Å². The second-order valence-electron chi connectivity index (χ2n) is 5.56. The van der Waals surface area contributed by atoms with Crippen molar-refractivity contribution in [2.75, 3.05) is 38.1 Å². The van der Waals surface area contributed by atoms with Gasteiger partial charge < -0.3 is 10.6 Å². The maximum Gasteiger partial charge on any atom is 0.0369 e. The van der Waals surface area contributed by atoms with Crippen molar-refractivity contribution < 1.29 is 0 Å². The molecule has 0 spiro atoms. The third-order valence-corrected chi connectivity index (χ3v) is 4.35. The van der Waals surface area contributed by atoms with E-state index in [-0.39, 0.29) is 0 Å². The van der Waals surface area contributed by atoms with Crippen LogP contribution in [0.2, 0.25) is 0 Å². The van der Waals surface area contributed by atoms with E-state index in [1.165, 1.54) is 17.7 Å². The molecule has 2 rings (SSSR count). The summed E-state index contributed by atoms with van der Waals surface area (Å²) in [6.07, 6.45) is 1.19. The Morgan fingerprint density at radius 2 is 2.05 bits per heavy atom. The van der Waals surface area contributed by atoms with Gasteiger partial charge in [0.25, 0.3) is 0 Å². The van der Waals surface area contributed by atoms with Crippen LogP contribution in [0.5, 0.6) is 0 Å². The Morgan fingerprint density at radius 1 is 1.32 bits per heavy atom. The van der Waals surface area contributed by atoms with E-state index in [2.05, 4.69) is 55.0 Å². The summed E-state index contributed by atoms with van der Waals surface area (Å²) in [4.78, 5) is 4.84. The molecule has 3 nitrogen and oxygen atoms in total. The van der Waals surface area contributed by atoms with Gasteiger partial charge in [-0.2, -0.15) is 0 Å². The van der Waals surface area contributed by atoms with Gasteiger partial charge in [-0.15, -0.1) is 0 Å². The zero-order valence-corrected chi connectivity index (χ0v) is 12.5. The average molecular weight is 261 g/mol. The summed E-state index contributed by atoms with van der Waals surface area (Å²) < 4.78 is 0. The first-order chi connectivity index (χ1) is 9.19. The van der Waals surface area contributed by atoms with Crippen LogP contribution in [0.1, 0.15) is 31.9 Å². The molecule has 1 aromatic rings. The lowest BCUT2D eigenvalue weighted by Gasteiger charge is -2.24. The SMILES string of the molecule is CCN(CC)c1cccc(C2CC(CN)CN2C)c1. The summed E-state index contributed by atoms with van der Waals surface area (Å²) in [5, 5.41) is 0. The Kier molecular flexibility index (Phi) is 4.83. The maximum atomic E-state index is 5.82. The quantitative estimate of drug-likeness (QED) is 0.884. The van der Waals surface area contributed by atoms with Gasteiger partial charge in [-0.25, -0.2) is 0 Å². The molecule has 0 saturated carbocycles. The van der Waals surface area contributed by atoms with Crippen LogP contribution in [0.4, 0.5) is 5.69 Å². The summed E-state index contributed by atoms with van der Waals surface area (Å²) in [5.41, 5.74) is 8.60. The van der Waals surface area contributed by atoms with E-state index < -0.39 is 0 Å². The molecule has 0 radical (unpaired) electrons. The van der Waals surface area contributed by atoms with Crippen molar-refractivity contribution in [1.29, 1.82) is 0 Å². The van der Waals surface area contributed by atoms with E-state index in [1.807, 2.05) is 0 Å². The number of benzene rings is 1. The standard InChI is InChI=1S/C16H27N3/c1-4-19(5-2)15-8-6-7-14(10-15)16-9-13(11-17)12-18(16)3/h6-8,10,13,16H,4-5,9,11-12,17H2,1-3H3. The minimum Gasteiger partial charge on any atom is -0.372 e. The van der Waals surface area contributed by atoms with Crippen LogP contribution in [0, 0.1) is 5.92 Å². The molecule has 0 aromatic heterocycles. The van der Waals surface area contributed by atoms with E-state index in [1.54, 1.807) is 0 Å². The molecule has 2 N–H and O–H groups in total. The van der Waals surface area contributed by atoms with Gasteiger partial charge in [0.1, 0.15) is 0 Å². The van der Waals surface area contributed by atoms with Gasteiger partial charge in [-0.05, 0) is 57.5 Å². The van der Waals surface area contributed by atoms with Crippen LogP contribution >= 0.6 is 0 Å². The lowest BCUT2D eigenvalue weighted by atomic mass is 9.99. The van der Waals surface area contributed by atoms with Crippen LogP contribution in [0.15, 0.2) is 24.3 Å². The van der Waals surface area contributed by atoms with Gasteiger partial charge in [-0.3, -0.25) is 4.90 Å². The highest BCUT2D eigenvalue weighted by Crippen LogP contribution is 2.34. The topological polar surface area (TPSA) is 32.5 Å². The molecule has 1 aliphatic heterocycles. The van der Waals surface area contributed by atoms with Crippen molar-refractivity contribution in [3.8, 4) is 0 Å².